The van der Waals surface area contributed by atoms with E-state index in [1.165, 1.54) is 36.3 Å². The minimum Gasteiger partial charge on any atom is -0.492 e. The van der Waals surface area contributed by atoms with E-state index >= 15 is 0 Å². The highest BCUT2D eigenvalue weighted by atomic mass is 32.1. The smallest absolute Gasteiger partial charge is 0.421 e. The molecule has 0 saturated heterocycles. The van der Waals surface area contributed by atoms with Gasteiger partial charge in [0, 0.05) is 108 Å². The number of para-hydroxylation sites is 5. The number of fused-ring (bicyclic) bond motifs is 9. The van der Waals surface area contributed by atoms with Crippen LogP contribution in [0.1, 0.15) is 77.0 Å². The summed E-state index contributed by atoms with van der Waals surface area (Å²) in [6.07, 6.45) is 21.5. The van der Waals surface area contributed by atoms with Gasteiger partial charge >= 0.3 is 16.6 Å². The first-order valence-corrected chi connectivity index (χ1v) is 40.7. The first-order chi connectivity index (χ1) is 59.8. The van der Waals surface area contributed by atoms with Gasteiger partial charge < -0.3 is 51.8 Å². The van der Waals surface area contributed by atoms with Gasteiger partial charge in [0.05, 0.1) is 65.4 Å². The van der Waals surface area contributed by atoms with Crippen molar-refractivity contribution in [3.63, 3.8) is 0 Å². The lowest BCUT2D eigenvalue weighted by atomic mass is 10.3. The number of nitrogens with zero attached hydrogens (tertiary/aromatic N) is 31. The van der Waals surface area contributed by atoms with Crippen LogP contribution in [0.4, 0.5) is 80.6 Å². The summed E-state index contributed by atoms with van der Waals surface area (Å²) < 4.78 is 25.7. The van der Waals surface area contributed by atoms with E-state index in [4.69, 9.17) is 11.5 Å². The van der Waals surface area contributed by atoms with Crippen molar-refractivity contribution >= 4 is 124 Å². The van der Waals surface area contributed by atoms with Crippen molar-refractivity contribution in [2.45, 2.75) is 156 Å². The number of aromatic amines is 4. The van der Waals surface area contributed by atoms with E-state index in [1.807, 2.05) is 111 Å². The Bertz CT molecular complexity index is 6620. The first kappa shape index (κ1) is 81.3. The number of hydrogen-bond acceptors (Lipinski definition) is 29. The van der Waals surface area contributed by atoms with E-state index in [2.05, 4.69) is 101 Å². The maximum Gasteiger partial charge on any atom is 0.421 e. The molecule has 12 aromatic heterocycles. The van der Waals surface area contributed by atoms with E-state index < -0.39 is 0 Å². The third-order valence-corrected chi connectivity index (χ3v) is 22.3. The highest BCUT2D eigenvalue weighted by Crippen LogP contribution is 2.35. The molecule has 636 valence electrons. The number of nitrogens with two attached hydrogens (primary N) is 2. The number of nitrogen functional groups attached to an aromatic ring is 2. The maximum absolute atomic E-state index is 12.3. The van der Waals surface area contributed by atoms with E-state index in [-0.39, 0.29) is 91.0 Å². The Morgan fingerprint density at radius 3 is 1.04 bits per heavy atom. The Kier molecular flexibility index (Phi) is 23.6. The lowest BCUT2D eigenvalue weighted by Crippen LogP contribution is -2.27. The summed E-state index contributed by atoms with van der Waals surface area (Å²) >= 11 is 1.49. The van der Waals surface area contributed by atoms with Crippen LogP contribution in [0.2, 0.25) is 0 Å². The van der Waals surface area contributed by atoms with E-state index in [9.17, 15) is 49.2 Å². The van der Waals surface area contributed by atoms with Gasteiger partial charge in [0.1, 0.15) is 5.52 Å². The van der Waals surface area contributed by atoms with Gasteiger partial charge in [-0.3, -0.25) is 38.1 Å². The van der Waals surface area contributed by atoms with Crippen molar-refractivity contribution in [1.82, 2.24) is 101 Å². The Morgan fingerprint density at radius 2 is 0.699 bits per heavy atom. The number of azo groups is 6. The molecule has 0 fully saturated rings. The molecule has 0 radical (unpaired) electrons. The minimum atomic E-state index is -0.322. The largest absolute Gasteiger partial charge is 0.492 e. The number of aromatic nitrogens is 23. The molecular weight excluding hydrogens is 1610 g/mol. The number of aryl methyl sites for hydroxylation is 3. The van der Waals surface area contributed by atoms with E-state index in [1.54, 1.807) is 65.2 Å². The molecule has 6 aliphatic rings. The second-order valence-electron chi connectivity index (χ2n) is 29.1. The fourth-order valence-electron chi connectivity index (χ4n) is 14.9. The molecule has 48 heteroatoms. The number of rotatable bonds is 12. The van der Waals surface area contributed by atoms with Crippen LogP contribution in [0, 0.1) is 0 Å². The first-order valence-electron chi connectivity index (χ1n) is 39.8. The molecular formula is C75H87N37O10S+2. The Morgan fingerprint density at radius 1 is 0.382 bits per heavy atom. The second-order valence-corrected chi connectivity index (χ2v) is 30.1. The normalized spacial score (nSPS) is 14.9. The molecule has 0 bridgehead atoms. The zero-order valence-electron chi connectivity index (χ0n) is 67.0. The summed E-state index contributed by atoms with van der Waals surface area (Å²) in [5, 5.41) is 88.6. The molecule has 0 amide bonds. The minimum absolute atomic E-state index is 0.00750. The van der Waals surface area contributed by atoms with Crippen LogP contribution in [0.25, 0.3) is 32.3 Å². The molecule has 123 heavy (non-hydrogen) atoms. The lowest BCUT2D eigenvalue weighted by Gasteiger charge is -2.17. The summed E-state index contributed by atoms with van der Waals surface area (Å²) in [7, 11) is 5.59. The van der Waals surface area contributed by atoms with Crippen LogP contribution < -0.4 is 54.0 Å². The molecule has 12 N–H and O–H groups in total. The summed E-state index contributed by atoms with van der Waals surface area (Å²) in [5.41, 5.74) is 15.0. The van der Waals surface area contributed by atoms with Crippen molar-refractivity contribution in [3.8, 4) is 23.5 Å². The van der Waals surface area contributed by atoms with Crippen molar-refractivity contribution in [2.24, 2.45) is 82.5 Å². The average Bonchev–Trinajstić information content (AvgIpc) is 1.69. The molecule has 0 unspecified atom stereocenters. The number of hydrogen-bond donors (Lipinski definition) is 10. The molecule has 0 spiro atoms. The molecule has 18 heterocycles. The third-order valence-electron chi connectivity index (χ3n) is 21.2. The number of H-pyrrole nitrogens is 4. The third kappa shape index (κ3) is 16.7. The quantitative estimate of drug-likeness (QED) is 0.0401. The van der Waals surface area contributed by atoms with Crippen LogP contribution >= 0.6 is 11.3 Å². The van der Waals surface area contributed by atoms with Gasteiger partial charge in [-0.15, -0.1) is 40.9 Å². The standard InChI is InChI=1S/C15H15N5O2S.C14H15N7O.C14H14N6O2.C12H16N6O2.C10H13N7O.C10H12N6O2/c1-18-10-6-2-3-7-11(10)23-15(18)17-16-12-13(21)19-8-4-5-9-20(19)14(12)22;15-12-11(13(22)21-8-4-3-7-20(12)21)18-19-14-16-9-5-1-2-6-10(9)17-14;21-12-11(13(22)20-8-4-3-7-19(12)20)17-18-14-15-9-5-1-2-6-10(9)16-14;1-15-7-8-16(2)12(15)14-13-9-10(19)17-5-3-4-6-18(17)11(9)20;11-8-7(14-15-10-12-3-4-13-10)9(18)17-6-2-1-5-16(8)17;17-8-7(13-14-10-11-3-4-12-10)9(18)16-6-2-1-5-15(8)16/h2-3,6-7H,4-5,8-9H2,1H3;1-2,5-6H,3-4,7-8,15H2,(H,16,17);1-2,5-6,21H,3-4,7-8H2,(H,15,16);7-8H,3-6H2,1-2H3;3-4H,1-2,5-6,11H2,(H,12,13);3-4,17H,1-2,5-6H2,(H,11,12)/p+2. The predicted octanol–water partition coefficient (Wildman–Crippen LogP) is 10.5. The number of imidazole rings is 5. The summed E-state index contributed by atoms with van der Waals surface area (Å²) in [5.74, 6) is 2.17. The number of thiazole rings is 1. The SMILES string of the molecule is C[n+]1c(N=Nc2c(O)n3n(c2=O)CCCC3)sc2ccccc21.Cn1cc[n+](C)c1N=Nc1c(O)n2n(c1=O)CCCC2.Nc1c(N=Nc2nc3ccccc3[nH]2)c(=O)n2n1CCCC2.Nc1c(N=Nc2ncc[nH]2)c(=O)n2n1CCCC2.O=c1c(N=Nc2nc3ccccc3[nH]2)c(O)n2n1CCCC2.O=c1c(N=Nc2ncc[nH]2)c(O)n2n1CCCC2. The van der Waals surface area contributed by atoms with Crippen LogP contribution in [-0.2, 0) is 99.7 Å². The zero-order valence-corrected chi connectivity index (χ0v) is 67.8. The van der Waals surface area contributed by atoms with E-state index in [0.717, 1.165) is 122 Å². The fourth-order valence-corrected chi connectivity index (χ4v) is 15.9. The van der Waals surface area contributed by atoms with Gasteiger partial charge in [-0.2, -0.15) is 0 Å². The second kappa shape index (κ2) is 35.6. The molecule has 6 aliphatic heterocycles. The van der Waals surface area contributed by atoms with Crippen LogP contribution in [-0.4, -0.2) is 121 Å². The van der Waals surface area contributed by atoms with E-state index in [0.29, 0.717) is 112 Å². The highest BCUT2D eigenvalue weighted by molar-refractivity contribution is 7.21. The molecule has 0 saturated carbocycles. The van der Waals surface area contributed by atoms with Crippen LogP contribution in [0.3, 0.4) is 0 Å². The van der Waals surface area contributed by atoms with Gasteiger partial charge in [-0.05, 0) is 130 Å². The van der Waals surface area contributed by atoms with Gasteiger partial charge in [0.15, 0.2) is 23.0 Å². The van der Waals surface area contributed by atoms with Crippen molar-refractivity contribution in [3.05, 3.63) is 172 Å². The lowest BCUT2D eigenvalue weighted by molar-refractivity contribution is -0.657. The van der Waals surface area contributed by atoms with Crippen molar-refractivity contribution < 1.29 is 29.6 Å². The summed E-state index contributed by atoms with van der Waals surface area (Å²) in [4.78, 5) is 101. The Balaban J connectivity index is 0.000000110. The van der Waals surface area contributed by atoms with Gasteiger partial charge in [-0.25, -0.2) is 80.5 Å². The number of benzene rings is 3. The number of anilines is 2. The van der Waals surface area contributed by atoms with Crippen LogP contribution in [0.5, 0.6) is 23.5 Å². The maximum atomic E-state index is 12.3. The molecule has 21 rings (SSSR count). The molecule has 0 aliphatic carbocycles. The molecule has 0 atom stereocenters. The predicted molar refractivity (Wildman–Crippen MR) is 447 cm³/mol. The Hall–Kier alpha value is -15.4. The molecule has 15 aromatic rings. The molecule has 47 nitrogen and oxygen atoms in total. The van der Waals surface area contributed by atoms with Gasteiger partial charge in [-0.1, -0.05) is 41.5 Å². The van der Waals surface area contributed by atoms with Crippen molar-refractivity contribution in [2.75, 3.05) is 11.5 Å². The zero-order chi connectivity index (χ0) is 85.5. The van der Waals surface area contributed by atoms with Gasteiger partial charge in [0.2, 0.25) is 70.1 Å². The number of nitrogens with one attached hydrogen (secondary N) is 4. The van der Waals surface area contributed by atoms with Crippen molar-refractivity contribution in [1.29, 1.82) is 0 Å². The summed E-state index contributed by atoms with van der Waals surface area (Å²) in [6, 6.07) is 23.1. The average molecular weight is 1700 g/mol. The molecule has 3 aromatic carbocycles. The highest BCUT2D eigenvalue weighted by Gasteiger charge is 2.29. The fraction of sp³-hybridized carbons (Fsp3) is 0.360. The Labute approximate surface area is 696 Å². The number of aromatic hydroxyl groups is 4. The van der Waals surface area contributed by atoms with Crippen LogP contribution in [0.15, 0.2) is 200 Å². The summed E-state index contributed by atoms with van der Waals surface area (Å²) in [6.45, 7) is 7.75. The topological polar surface area (TPSA) is 570 Å². The monoisotopic (exact) mass is 1700 g/mol. The van der Waals surface area contributed by atoms with Gasteiger partial charge in [0.25, 0.3) is 27.8 Å².